The zero-order chi connectivity index (χ0) is 52.7. The molecular formula is C48H48O24. The van der Waals surface area contributed by atoms with Crippen molar-refractivity contribution in [2.24, 2.45) is 114 Å². The van der Waals surface area contributed by atoms with Crippen LogP contribution in [0.1, 0.15) is 0 Å². The normalized spacial score (nSPS) is 47.4. The van der Waals surface area contributed by atoms with Crippen molar-refractivity contribution in [1.29, 1.82) is 0 Å². The molecule has 0 unspecified atom stereocenters. The van der Waals surface area contributed by atoms with Gasteiger partial charge in [-0.25, -0.2) is 14.4 Å². The van der Waals surface area contributed by atoms with E-state index in [4.69, 9.17) is 56.8 Å². The molecular weight excluding hydrogens is 961 g/mol. The monoisotopic (exact) mass is 1010 g/mol. The predicted octanol–water partition coefficient (Wildman–Crippen LogP) is -1.91. The van der Waals surface area contributed by atoms with Gasteiger partial charge in [-0.1, -0.05) is 6.08 Å². The number of rotatable bonds is 12. The lowest BCUT2D eigenvalue weighted by molar-refractivity contribution is -0.618. The van der Waals surface area contributed by atoms with Crippen molar-refractivity contribution in [3.05, 3.63) is 22.8 Å². The summed E-state index contributed by atoms with van der Waals surface area (Å²) in [5.74, 6) is -31.0. The van der Waals surface area contributed by atoms with E-state index in [1.807, 2.05) is 0 Å². The van der Waals surface area contributed by atoms with Crippen molar-refractivity contribution in [3.8, 4) is 0 Å². The second-order valence-corrected chi connectivity index (χ2v) is 20.5. The average molecular weight is 1010 g/mol. The molecule has 0 saturated heterocycles. The molecule has 0 heterocycles. The Hall–Kier alpha value is -6.88. The van der Waals surface area contributed by atoms with E-state index in [1.165, 1.54) is 6.08 Å². The van der Waals surface area contributed by atoms with Gasteiger partial charge in [0.1, 0.15) is 5.41 Å². The third-order valence-electron chi connectivity index (χ3n) is 21.3. The summed E-state index contributed by atoms with van der Waals surface area (Å²) in [7, 11) is 11.7. The van der Waals surface area contributed by atoms with Gasteiger partial charge in [-0.15, -0.1) is 0 Å². The maximum atomic E-state index is 15.7. The quantitative estimate of drug-likeness (QED) is 0.117. The molecule has 384 valence electrons. The van der Waals surface area contributed by atoms with Crippen LogP contribution in [0.2, 0.25) is 0 Å². The van der Waals surface area contributed by atoms with Crippen LogP contribution in [0.5, 0.6) is 0 Å². The van der Waals surface area contributed by atoms with Gasteiger partial charge < -0.3 is 56.8 Å². The molecule has 24 heteroatoms. The highest BCUT2D eigenvalue weighted by Crippen LogP contribution is 3.14. The molecule has 0 aromatic carbocycles. The lowest BCUT2D eigenvalue weighted by atomic mass is 8.90. The van der Waals surface area contributed by atoms with Crippen LogP contribution in [0.3, 0.4) is 0 Å². The van der Waals surface area contributed by atoms with Crippen molar-refractivity contribution in [1.82, 2.24) is 0 Å². The molecule has 0 aliphatic heterocycles. The fraction of sp³-hybridized carbons (Fsp3) is 0.667. The molecule has 0 aromatic rings. The van der Waals surface area contributed by atoms with Crippen molar-refractivity contribution in [2.45, 2.75) is 0 Å². The predicted molar refractivity (Wildman–Crippen MR) is 220 cm³/mol. The Morgan fingerprint density at radius 2 is 0.556 bits per heavy atom. The minimum atomic E-state index is -2.60. The summed E-state index contributed by atoms with van der Waals surface area (Å²) in [6.45, 7) is 0. The van der Waals surface area contributed by atoms with E-state index in [2.05, 4.69) is 0 Å². The SMILES string of the molecule is COC(=O)C1=C[C@H]2[C@@H]3[C@H]([C@@]12C(=O)OC)[C@@]1(C(=O)OC)[C@H]2[C@H]([C@]4(C(=O)OC)[C@@H]5[C@@H]([C@@]6(C(=O)OC)[C@H]7[C@@H]([C@@]56C(=O)OC)[C@]5(C(=O)OC)[C@H]6C(C(=O)OC)=C(C(=O)OC)[C@H]6[C@]75C(=O)OC)[C@]24C(=O)OC)[C@@]31C(=O)OC. The summed E-state index contributed by atoms with van der Waals surface area (Å²) in [6, 6.07) is 0. The molecule has 0 spiro atoms. The fourth-order valence-electron chi connectivity index (χ4n) is 21.0. The minimum Gasteiger partial charge on any atom is -0.469 e. The second-order valence-electron chi connectivity index (χ2n) is 20.5. The number of hydrogen-bond donors (Lipinski definition) is 0. The van der Waals surface area contributed by atoms with Crippen LogP contribution in [0, 0.1) is 114 Å². The van der Waals surface area contributed by atoms with E-state index in [0.717, 1.165) is 85.3 Å². The highest BCUT2D eigenvalue weighted by atomic mass is 16.6. The van der Waals surface area contributed by atoms with Crippen molar-refractivity contribution in [2.75, 3.05) is 85.3 Å². The van der Waals surface area contributed by atoms with Gasteiger partial charge in [0.15, 0.2) is 0 Å². The standard InChI is InChI=1S/C48H48O24/c1-61-28(49)15-13-14-18-21(40(14,15)31(52)64-4)44(35(56)68-8)25-24(41(18,44)32(53)65-5)47(38(59)71-11)26-27(48(25,47)39(60)72-12)46(37(58)70-10)23-22(45(26,46)36(57)69-9)42(33(54)66-6)19-16(29(50)62-2)17(30(51)63-3)20(19)43(23,42)34(55)67-7/h13-14,18-27H,1-12H3/t14-,18+,19-,20+,21+,22+,23-,24-,25+,26+,27-,40-,41+,42-,43+,44-,45-,46+,47+,48-/m0/s1. The highest BCUT2D eigenvalue weighted by molar-refractivity contribution is 6.16. The van der Waals surface area contributed by atoms with Crippen LogP contribution in [0.4, 0.5) is 0 Å². The zero-order valence-electron chi connectivity index (χ0n) is 40.7. The molecule has 11 aliphatic rings. The maximum absolute atomic E-state index is 15.7. The second kappa shape index (κ2) is 13.4. The Labute approximate surface area is 407 Å². The lowest BCUT2D eigenvalue weighted by Crippen LogP contribution is -3.15. The smallest absolute Gasteiger partial charge is 0.334 e. The van der Waals surface area contributed by atoms with E-state index < -0.39 is 197 Å². The first-order valence-corrected chi connectivity index (χ1v) is 22.7. The van der Waals surface area contributed by atoms with E-state index in [-0.39, 0.29) is 5.57 Å². The first-order valence-electron chi connectivity index (χ1n) is 22.7. The average Bonchev–Trinajstić information content (AvgIpc) is 3.37. The molecule has 0 bridgehead atoms. The molecule has 9 fully saturated rings. The molecule has 11 rings (SSSR count). The number of carbonyl (C=O) groups excluding carboxylic acids is 12. The molecule has 72 heavy (non-hydrogen) atoms. The van der Waals surface area contributed by atoms with Crippen molar-refractivity contribution < 1.29 is 114 Å². The Morgan fingerprint density at radius 1 is 0.306 bits per heavy atom. The Bertz CT molecular complexity index is 2880. The summed E-state index contributed by atoms with van der Waals surface area (Å²) >= 11 is 0. The van der Waals surface area contributed by atoms with Crippen LogP contribution in [-0.2, 0) is 114 Å². The largest absolute Gasteiger partial charge is 0.469 e. The van der Waals surface area contributed by atoms with Crippen LogP contribution in [0.15, 0.2) is 22.8 Å². The maximum Gasteiger partial charge on any atom is 0.334 e. The first kappa shape index (κ1) is 47.4. The van der Waals surface area contributed by atoms with E-state index in [1.54, 1.807) is 0 Å². The van der Waals surface area contributed by atoms with Crippen molar-refractivity contribution in [3.63, 3.8) is 0 Å². The Balaban J connectivity index is 1.25. The van der Waals surface area contributed by atoms with Gasteiger partial charge in [-0.05, 0) is 41.4 Å². The van der Waals surface area contributed by atoms with Gasteiger partial charge in [0, 0.05) is 23.7 Å². The molecule has 20 atom stereocenters. The molecule has 24 nitrogen and oxygen atoms in total. The topological polar surface area (TPSA) is 316 Å². The van der Waals surface area contributed by atoms with Gasteiger partial charge in [0.2, 0.25) is 0 Å². The number of carbonyl (C=O) groups is 12. The van der Waals surface area contributed by atoms with Crippen molar-refractivity contribution >= 4 is 71.6 Å². The summed E-state index contributed by atoms with van der Waals surface area (Å²) in [4.78, 5) is 179. The third kappa shape index (κ3) is 3.27. The Kier molecular flexibility index (Phi) is 8.82. The fourth-order valence-corrected chi connectivity index (χ4v) is 21.0. The summed E-state index contributed by atoms with van der Waals surface area (Å²) in [5, 5.41) is 0. The van der Waals surface area contributed by atoms with Crippen LogP contribution in [-0.4, -0.2) is 157 Å². The van der Waals surface area contributed by atoms with Gasteiger partial charge in [0.05, 0.1) is 145 Å². The van der Waals surface area contributed by atoms with Crippen LogP contribution >= 0.6 is 0 Å². The number of hydrogen-bond acceptors (Lipinski definition) is 24. The third-order valence-corrected chi connectivity index (χ3v) is 21.3. The van der Waals surface area contributed by atoms with Crippen LogP contribution in [0.25, 0.3) is 0 Å². The number of methoxy groups -OCH3 is 12. The molecule has 0 radical (unpaired) electrons. The number of fused-ring (bicyclic) bond motifs is 28. The molecule has 0 N–H and O–H groups in total. The first-order chi connectivity index (χ1) is 34.2. The molecule has 9 saturated carbocycles. The molecule has 11 aliphatic carbocycles. The molecule has 0 amide bonds. The summed E-state index contributed by atoms with van der Waals surface area (Å²) in [5.41, 5.74) is -22.9. The van der Waals surface area contributed by atoms with E-state index in [9.17, 15) is 19.2 Å². The van der Waals surface area contributed by atoms with Gasteiger partial charge in [-0.2, -0.15) is 0 Å². The van der Waals surface area contributed by atoms with Gasteiger partial charge in [-0.3, -0.25) is 43.2 Å². The van der Waals surface area contributed by atoms with E-state index >= 15 is 38.4 Å². The summed E-state index contributed by atoms with van der Waals surface area (Å²) < 4.78 is 65.0. The molecule has 0 aromatic heterocycles. The lowest BCUT2D eigenvalue weighted by Gasteiger charge is -3.07. The number of esters is 12. The van der Waals surface area contributed by atoms with Gasteiger partial charge >= 0.3 is 71.6 Å². The zero-order valence-corrected chi connectivity index (χ0v) is 40.7. The van der Waals surface area contributed by atoms with Crippen LogP contribution < -0.4 is 0 Å². The summed E-state index contributed by atoms with van der Waals surface area (Å²) in [6.07, 6.45) is 1.38. The minimum absolute atomic E-state index is 0.235. The number of ether oxygens (including phenoxy) is 12. The Morgan fingerprint density at radius 3 is 0.847 bits per heavy atom. The van der Waals surface area contributed by atoms with Gasteiger partial charge in [0.25, 0.3) is 0 Å². The van der Waals surface area contributed by atoms with E-state index in [0.29, 0.717) is 0 Å². The number of allylic oxidation sites excluding steroid dienone is 1. The highest BCUT2D eigenvalue weighted by Gasteiger charge is 3.23.